The number of nitrogens with zero attached hydrogens (tertiary/aromatic N) is 1. The number of aliphatic hydroxyl groups is 1. The van der Waals surface area contributed by atoms with Crippen molar-refractivity contribution in [2.75, 3.05) is 19.8 Å². The van der Waals surface area contributed by atoms with E-state index in [0.29, 0.717) is 32.6 Å². The van der Waals surface area contributed by atoms with Gasteiger partial charge in [0, 0.05) is 19.4 Å². The second-order valence-corrected chi connectivity index (χ2v) is 7.66. The van der Waals surface area contributed by atoms with Crippen LogP contribution in [-0.2, 0) is 14.2 Å². The largest absolute Gasteiger partial charge is 0.444 e. The van der Waals surface area contributed by atoms with Crippen LogP contribution in [-0.4, -0.2) is 53.3 Å². The summed E-state index contributed by atoms with van der Waals surface area (Å²) in [6.45, 7) is 7.01. The molecule has 2 heterocycles. The summed E-state index contributed by atoms with van der Waals surface area (Å²) in [6.07, 6.45) is -0.258. The number of piperidine rings is 1. The van der Waals surface area contributed by atoms with Crippen molar-refractivity contribution in [3.63, 3.8) is 0 Å². The fourth-order valence-corrected chi connectivity index (χ4v) is 3.45. The van der Waals surface area contributed by atoms with Gasteiger partial charge in [-0.05, 0) is 26.3 Å². The Labute approximate surface area is 148 Å². The minimum absolute atomic E-state index is 0.416. The monoisotopic (exact) mass is 349 g/mol. The van der Waals surface area contributed by atoms with E-state index >= 15 is 0 Å². The zero-order chi connectivity index (χ0) is 18.1. The average Bonchev–Trinajstić information content (AvgIpc) is 3.01. The number of benzene rings is 1. The number of hydrogen-bond acceptors (Lipinski definition) is 5. The van der Waals surface area contributed by atoms with Crippen molar-refractivity contribution in [1.82, 2.24) is 4.90 Å². The van der Waals surface area contributed by atoms with Gasteiger partial charge in [-0.2, -0.15) is 0 Å². The van der Waals surface area contributed by atoms with E-state index in [4.69, 9.17) is 14.2 Å². The summed E-state index contributed by atoms with van der Waals surface area (Å²) in [7, 11) is 0. The highest BCUT2D eigenvalue weighted by molar-refractivity contribution is 5.69. The second-order valence-electron chi connectivity index (χ2n) is 7.66. The second kappa shape index (κ2) is 6.94. The smallest absolute Gasteiger partial charge is 0.410 e. The van der Waals surface area contributed by atoms with Crippen LogP contribution < -0.4 is 0 Å². The van der Waals surface area contributed by atoms with E-state index in [2.05, 4.69) is 0 Å². The van der Waals surface area contributed by atoms with Gasteiger partial charge >= 0.3 is 6.09 Å². The minimum Gasteiger partial charge on any atom is -0.444 e. The lowest BCUT2D eigenvalue weighted by Crippen LogP contribution is -2.56. The first-order chi connectivity index (χ1) is 11.8. The van der Waals surface area contributed by atoms with Gasteiger partial charge < -0.3 is 24.2 Å². The maximum absolute atomic E-state index is 12.7. The molecule has 3 rings (SSSR count). The van der Waals surface area contributed by atoms with Crippen molar-refractivity contribution in [1.29, 1.82) is 0 Å². The molecule has 2 aliphatic rings. The lowest BCUT2D eigenvalue weighted by atomic mass is 9.89. The maximum Gasteiger partial charge on any atom is 0.410 e. The van der Waals surface area contributed by atoms with E-state index in [1.54, 1.807) is 4.90 Å². The number of carbonyl (C=O) groups excluding carboxylic acids is 1. The highest BCUT2D eigenvalue weighted by atomic mass is 16.7. The summed E-state index contributed by atoms with van der Waals surface area (Å²) in [5, 5.41) is 10.9. The van der Waals surface area contributed by atoms with Crippen LogP contribution in [0.15, 0.2) is 30.3 Å². The van der Waals surface area contributed by atoms with Crippen molar-refractivity contribution in [3.8, 4) is 0 Å². The number of amides is 1. The van der Waals surface area contributed by atoms with Gasteiger partial charge in [0.1, 0.15) is 5.60 Å². The molecule has 2 saturated heterocycles. The Morgan fingerprint density at radius 2 is 1.92 bits per heavy atom. The van der Waals surface area contributed by atoms with Crippen molar-refractivity contribution in [2.24, 2.45) is 0 Å². The summed E-state index contributed by atoms with van der Waals surface area (Å²) in [5.74, 6) is -0.709. The first kappa shape index (κ1) is 18.2. The first-order valence-electron chi connectivity index (χ1n) is 8.80. The molecular weight excluding hydrogens is 322 g/mol. The maximum atomic E-state index is 12.7. The van der Waals surface area contributed by atoms with Gasteiger partial charge in [-0.3, -0.25) is 0 Å². The highest BCUT2D eigenvalue weighted by Crippen LogP contribution is 2.39. The fourth-order valence-electron chi connectivity index (χ4n) is 3.45. The van der Waals surface area contributed by atoms with Crippen LogP contribution >= 0.6 is 0 Å². The molecule has 1 N–H and O–H groups in total. The molecule has 1 spiro atoms. The number of rotatable bonds is 2. The highest BCUT2D eigenvalue weighted by Gasteiger charge is 2.48. The van der Waals surface area contributed by atoms with Gasteiger partial charge in [-0.25, -0.2) is 4.79 Å². The third kappa shape index (κ3) is 4.14. The number of carbonyl (C=O) groups is 1. The van der Waals surface area contributed by atoms with Crippen LogP contribution in [0.2, 0.25) is 0 Å². The number of ether oxygens (including phenoxy) is 3. The molecule has 6 heteroatoms. The van der Waals surface area contributed by atoms with Gasteiger partial charge in [0.05, 0.1) is 25.4 Å². The van der Waals surface area contributed by atoms with Gasteiger partial charge in [-0.1, -0.05) is 30.3 Å². The van der Waals surface area contributed by atoms with Crippen LogP contribution in [0.25, 0.3) is 0 Å². The summed E-state index contributed by atoms with van der Waals surface area (Å²) in [6, 6.07) is 8.89. The van der Waals surface area contributed by atoms with Crippen LogP contribution in [0.1, 0.15) is 45.3 Å². The molecule has 2 atom stereocenters. The van der Waals surface area contributed by atoms with E-state index in [-0.39, 0.29) is 0 Å². The standard InChI is InChI=1S/C19H27NO5/c1-18(2,3)25-17(22)20-10-9-19(23-11-12-24-19)13-15(20)16(21)14-7-5-4-6-8-14/h4-8,15-16,21H,9-13H2,1-3H3/t15-,16-/m1/s1. The predicted octanol–water partition coefficient (Wildman–Crippen LogP) is 2.86. The normalized spacial score (nSPS) is 24.3. The van der Waals surface area contributed by atoms with Crippen LogP contribution in [0.5, 0.6) is 0 Å². The molecule has 0 bridgehead atoms. The lowest BCUT2D eigenvalue weighted by molar-refractivity contribution is -0.202. The van der Waals surface area contributed by atoms with Crippen molar-refractivity contribution in [3.05, 3.63) is 35.9 Å². The Morgan fingerprint density at radius 3 is 2.52 bits per heavy atom. The molecule has 0 radical (unpaired) electrons. The van der Waals surface area contributed by atoms with E-state index < -0.39 is 29.6 Å². The SMILES string of the molecule is CC(C)(C)OC(=O)N1CCC2(C[C@@H]1[C@H](O)c1ccccc1)OCCO2. The quantitative estimate of drug-likeness (QED) is 0.889. The molecule has 138 valence electrons. The Morgan fingerprint density at radius 1 is 1.28 bits per heavy atom. The van der Waals surface area contributed by atoms with Crippen molar-refractivity contribution >= 4 is 6.09 Å². The summed E-state index contributed by atoms with van der Waals surface area (Å²) < 4.78 is 17.2. The third-order valence-electron chi connectivity index (χ3n) is 4.60. The Kier molecular flexibility index (Phi) is 5.04. The zero-order valence-electron chi connectivity index (χ0n) is 15.1. The molecule has 0 saturated carbocycles. The molecule has 1 aromatic rings. The molecule has 0 aliphatic carbocycles. The van der Waals surface area contributed by atoms with Gasteiger partial charge in [0.25, 0.3) is 0 Å². The van der Waals surface area contributed by atoms with Gasteiger partial charge in [0.15, 0.2) is 5.79 Å². The first-order valence-corrected chi connectivity index (χ1v) is 8.80. The van der Waals surface area contributed by atoms with E-state index in [0.717, 1.165) is 5.56 Å². The molecule has 0 aromatic heterocycles. The van der Waals surface area contributed by atoms with E-state index in [1.807, 2.05) is 51.1 Å². The zero-order valence-corrected chi connectivity index (χ0v) is 15.1. The number of likely N-dealkylation sites (tertiary alicyclic amines) is 1. The topological polar surface area (TPSA) is 68.2 Å². The van der Waals surface area contributed by atoms with Crippen LogP contribution in [0.4, 0.5) is 4.79 Å². The van der Waals surface area contributed by atoms with Crippen LogP contribution in [0, 0.1) is 0 Å². The summed E-state index contributed by atoms with van der Waals surface area (Å²) in [4.78, 5) is 14.3. The van der Waals surface area contributed by atoms with Gasteiger partial charge in [-0.15, -0.1) is 0 Å². The van der Waals surface area contributed by atoms with Crippen LogP contribution in [0.3, 0.4) is 0 Å². The molecule has 2 aliphatic heterocycles. The van der Waals surface area contributed by atoms with Crippen molar-refractivity contribution in [2.45, 2.75) is 57.1 Å². The third-order valence-corrected chi connectivity index (χ3v) is 4.60. The van der Waals surface area contributed by atoms with Gasteiger partial charge in [0.2, 0.25) is 0 Å². The minimum atomic E-state index is -0.835. The summed E-state index contributed by atoms with van der Waals surface area (Å²) >= 11 is 0. The molecule has 1 aromatic carbocycles. The molecular formula is C19H27NO5. The Balaban J connectivity index is 1.84. The molecule has 1 amide bonds. The molecule has 25 heavy (non-hydrogen) atoms. The lowest BCUT2D eigenvalue weighted by Gasteiger charge is -2.45. The van der Waals surface area contributed by atoms with E-state index in [9.17, 15) is 9.90 Å². The molecule has 6 nitrogen and oxygen atoms in total. The Bertz CT molecular complexity index is 592. The predicted molar refractivity (Wildman–Crippen MR) is 92.0 cm³/mol. The molecule has 0 unspecified atom stereocenters. The number of hydrogen-bond donors (Lipinski definition) is 1. The Hall–Kier alpha value is -1.63. The van der Waals surface area contributed by atoms with E-state index in [1.165, 1.54) is 0 Å². The number of aliphatic hydroxyl groups excluding tert-OH is 1. The average molecular weight is 349 g/mol. The van der Waals surface area contributed by atoms with Crippen molar-refractivity contribution < 1.29 is 24.1 Å². The molecule has 2 fully saturated rings. The fraction of sp³-hybridized carbons (Fsp3) is 0.632. The summed E-state index contributed by atoms with van der Waals surface area (Å²) in [5.41, 5.74) is 0.172.